The second kappa shape index (κ2) is 7.65. The van der Waals surface area contributed by atoms with Crippen LogP contribution in [-0.2, 0) is 4.74 Å². The number of benzene rings is 1. The molecule has 3 heteroatoms. The van der Waals surface area contributed by atoms with Crippen molar-refractivity contribution in [3.05, 3.63) is 29.8 Å². The van der Waals surface area contributed by atoms with Crippen molar-refractivity contribution >= 4 is 0 Å². The van der Waals surface area contributed by atoms with Gasteiger partial charge in [0.15, 0.2) is 0 Å². The molecule has 1 saturated carbocycles. The molecule has 1 fully saturated rings. The second-order valence-corrected chi connectivity index (χ2v) is 6.03. The van der Waals surface area contributed by atoms with Crippen LogP contribution in [0.15, 0.2) is 24.3 Å². The van der Waals surface area contributed by atoms with E-state index >= 15 is 0 Å². The molecule has 2 rings (SSSR count). The van der Waals surface area contributed by atoms with Gasteiger partial charge in [-0.05, 0) is 50.3 Å². The maximum absolute atomic E-state index is 6.17. The van der Waals surface area contributed by atoms with Crippen molar-refractivity contribution in [2.24, 2.45) is 11.7 Å². The van der Waals surface area contributed by atoms with E-state index < -0.39 is 0 Å². The minimum absolute atomic E-state index is 0.0514. The lowest BCUT2D eigenvalue weighted by Crippen LogP contribution is -2.19. The Hall–Kier alpha value is -1.06. The van der Waals surface area contributed by atoms with E-state index in [1.54, 1.807) is 0 Å². The van der Waals surface area contributed by atoms with Gasteiger partial charge in [0, 0.05) is 6.61 Å². The van der Waals surface area contributed by atoms with Gasteiger partial charge in [0.25, 0.3) is 0 Å². The predicted molar refractivity (Wildman–Crippen MR) is 81.9 cm³/mol. The Morgan fingerprint density at radius 3 is 2.40 bits per heavy atom. The van der Waals surface area contributed by atoms with Gasteiger partial charge in [-0.25, -0.2) is 0 Å². The number of ether oxygens (including phenoxy) is 2. The highest BCUT2D eigenvalue weighted by Crippen LogP contribution is 2.25. The average molecular weight is 277 g/mol. The number of nitrogens with two attached hydrogens (primary N) is 1. The van der Waals surface area contributed by atoms with E-state index in [0.29, 0.717) is 6.61 Å². The Kier molecular flexibility index (Phi) is 5.86. The van der Waals surface area contributed by atoms with Crippen LogP contribution in [0.3, 0.4) is 0 Å². The van der Waals surface area contributed by atoms with Gasteiger partial charge < -0.3 is 15.2 Å². The van der Waals surface area contributed by atoms with Gasteiger partial charge in [0.1, 0.15) is 5.75 Å². The molecule has 1 aromatic rings. The Bertz CT molecular complexity index is 382. The summed E-state index contributed by atoms with van der Waals surface area (Å²) in [7, 11) is 0. The van der Waals surface area contributed by atoms with Gasteiger partial charge in [-0.15, -0.1) is 0 Å². The third-order valence-electron chi connectivity index (χ3n) is 3.81. The monoisotopic (exact) mass is 277 g/mol. The van der Waals surface area contributed by atoms with Gasteiger partial charge in [0.05, 0.1) is 18.8 Å². The van der Waals surface area contributed by atoms with Crippen molar-refractivity contribution in [1.29, 1.82) is 0 Å². The molecular weight excluding hydrogens is 250 g/mol. The molecule has 1 aliphatic carbocycles. The minimum atomic E-state index is -0.0514. The highest BCUT2D eigenvalue weighted by Gasteiger charge is 2.15. The predicted octanol–water partition coefficient (Wildman–Crippen LogP) is 3.68. The Morgan fingerprint density at radius 1 is 1.15 bits per heavy atom. The van der Waals surface area contributed by atoms with Crippen LogP contribution in [0.1, 0.15) is 51.1 Å². The minimum Gasteiger partial charge on any atom is -0.491 e. The van der Waals surface area contributed by atoms with Crippen LogP contribution in [0.4, 0.5) is 0 Å². The van der Waals surface area contributed by atoms with E-state index in [-0.39, 0.29) is 12.1 Å². The summed E-state index contributed by atoms with van der Waals surface area (Å²) in [4.78, 5) is 0. The van der Waals surface area contributed by atoms with E-state index in [2.05, 4.69) is 0 Å². The lowest BCUT2D eigenvalue weighted by Gasteiger charge is -2.16. The molecule has 20 heavy (non-hydrogen) atoms. The van der Waals surface area contributed by atoms with E-state index in [1.807, 2.05) is 38.1 Å². The van der Waals surface area contributed by atoms with Crippen LogP contribution in [0, 0.1) is 5.92 Å². The first-order valence-corrected chi connectivity index (χ1v) is 7.75. The molecule has 0 spiro atoms. The van der Waals surface area contributed by atoms with Crippen molar-refractivity contribution in [2.45, 2.75) is 51.7 Å². The molecule has 1 aromatic carbocycles. The summed E-state index contributed by atoms with van der Waals surface area (Å²) in [5.41, 5.74) is 7.27. The maximum Gasteiger partial charge on any atom is 0.119 e. The largest absolute Gasteiger partial charge is 0.491 e. The van der Waals surface area contributed by atoms with Crippen LogP contribution >= 0.6 is 0 Å². The number of hydrogen-bond acceptors (Lipinski definition) is 3. The summed E-state index contributed by atoms with van der Waals surface area (Å²) in [5.74, 6) is 1.65. The van der Waals surface area contributed by atoms with Crippen LogP contribution in [0.2, 0.25) is 0 Å². The van der Waals surface area contributed by atoms with E-state index in [1.165, 1.54) is 25.7 Å². The first kappa shape index (κ1) is 15.3. The summed E-state index contributed by atoms with van der Waals surface area (Å²) in [6.07, 6.45) is 5.55. The zero-order valence-corrected chi connectivity index (χ0v) is 12.7. The highest BCUT2D eigenvalue weighted by molar-refractivity contribution is 5.29. The van der Waals surface area contributed by atoms with Crippen molar-refractivity contribution in [3.63, 3.8) is 0 Å². The van der Waals surface area contributed by atoms with E-state index in [0.717, 1.165) is 23.8 Å². The normalized spacial score (nSPS) is 17.6. The average Bonchev–Trinajstić information content (AvgIpc) is 2.92. The Balaban J connectivity index is 1.75. The molecule has 112 valence electrons. The lowest BCUT2D eigenvalue weighted by atomic mass is 10.1. The third-order valence-corrected chi connectivity index (χ3v) is 3.81. The van der Waals surface area contributed by atoms with Gasteiger partial charge in [-0.3, -0.25) is 0 Å². The van der Waals surface area contributed by atoms with Gasteiger partial charge in [-0.1, -0.05) is 25.0 Å². The quantitative estimate of drug-likeness (QED) is 0.827. The molecule has 1 unspecified atom stereocenters. The molecule has 0 aliphatic heterocycles. The summed E-state index contributed by atoms with van der Waals surface area (Å²) in [6, 6.07) is 7.96. The molecule has 2 N–H and O–H groups in total. The third kappa shape index (κ3) is 4.80. The van der Waals surface area contributed by atoms with Crippen LogP contribution < -0.4 is 10.5 Å². The standard InChI is InChI=1S/C17H27NO2/c1-13(2)20-16-9-7-15(8-10-16)17(18)12-19-11-14-5-3-4-6-14/h7-10,13-14,17H,3-6,11-12,18H2,1-2H3. The van der Waals surface area contributed by atoms with Gasteiger partial charge in [0.2, 0.25) is 0 Å². The molecule has 3 nitrogen and oxygen atoms in total. The van der Waals surface area contributed by atoms with Gasteiger partial charge >= 0.3 is 0 Å². The Labute approximate surface area is 122 Å². The molecule has 1 aliphatic rings. The molecule has 0 amide bonds. The fraction of sp³-hybridized carbons (Fsp3) is 0.647. The van der Waals surface area contributed by atoms with Crippen molar-refractivity contribution in [2.75, 3.05) is 13.2 Å². The van der Waals surface area contributed by atoms with Crippen LogP contribution in [0.25, 0.3) is 0 Å². The molecule has 0 aromatic heterocycles. The van der Waals surface area contributed by atoms with E-state index in [9.17, 15) is 0 Å². The highest BCUT2D eigenvalue weighted by atomic mass is 16.5. The topological polar surface area (TPSA) is 44.5 Å². The summed E-state index contributed by atoms with van der Waals surface area (Å²) in [6.45, 7) is 5.51. The van der Waals surface area contributed by atoms with Crippen molar-refractivity contribution in [3.8, 4) is 5.75 Å². The molecule has 0 heterocycles. The Morgan fingerprint density at radius 2 is 1.80 bits per heavy atom. The molecule has 0 saturated heterocycles. The fourth-order valence-corrected chi connectivity index (χ4v) is 2.70. The van der Waals surface area contributed by atoms with Crippen molar-refractivity contribution < 1.29 is 9.47 Å². The zero-order chi connectivity index (χ0) is 14.4. The second-order valence-electron chi connectivity index (χ2n) is 6.03. The van der Waals surface area contributed by atoms with E-state index in [4.69, 9.17) is 15.2 Å². The molecule has 0 bridgehead atoms. The summed E-state index contributed by atoms with van der Waals surface area (Å²) < 4.78 is 11.4. The first-order chi connectivity index (χ1) is 9.65. The van der Waals surface area contributed by atoms with Gasteiger partial charge in [-0.2, -0.15) is 0 Å². The van der Waals surface area contributed by atoms with Crippen LogP contribution in [0.5, 0.6) is 5.75 Å². The lowest BCUT2D eigenvalue weighted by molar-refractivity contribution is 0.0904. The molecule has 0 radical (unpaired) electrons. The van der Waals surface area contributed by atoms with Crippen LogP contribution in [-0.4, -0.2) is 19.3 Å². The number of hydrogen-bond donors (Lipinski definition) is 1. The zero-order valence-electron chi connectivity index (χ0n) is 12.7. The summed E-state index contributed by atoms with van der Waals surface area (Å²) >= 11 is 0. The smallest absolute Gasteiger partial charge is 0.119 e. The molecular formula is C17H27NO2. The molecule has 1 atom stereocenters. The number of rotatable bonds is 7. The first-order valence-electron chi connectivity index (χ1n) is 7.75. The SMILES string of the molecule is CC(C)Oc1ccc(C(N)COCC2CCCC2)cc1. The maximum atomic E-state index is 6.17. The van der Waals surface area contributed by atoms with Crippen molar-refractivity contribution in [1.82, 2.24) is 0 Å². The fourth-order valence-electron chi connectivity index (χ4n) is 2.70. The summed E-state index contributed by atoms with van der Waals surface area (Å²) in [5, 5.41) is 0.